The summed E-state index contributed by atoms with van der Waals surface area (Å²) in [6.45, 7) is 0. The average molecular weight is 273 g/mol. The summed E-state index contributed by atoms with van der Waals surface area (Å²) in [6, 6.07) is 0. The Morgan fingerprint density at radius 3 is 2.80 bits per heavy atom. The summed E-state index contributed by atoms with van der Waals surface area (Å²) in [5.41, 5.74) is 0. The number of aromatic nitrogens is 4. The zero-order chi connectivity index (χ0) is 10.7. The molecule has 0 radical (unpaired) electrons. The fraction of sp³-hybridized carbons (Fsp3) is 0.900. The first-order valence-corrected chi connectivity index (χ1v) is 6.54. The maximum Gasteiger partial charge on any atom is 0.174 e. The Morgan fingerprint density at radius 1 is 1.47 bits per heavy atom. The molecule has 0 saturated heterocycles. The molecule has 0 amide bonds. The van der Waals surface area contributed by atoms with Crippen LogP contribution in [0.5, 0.6) is 0 Å². The van der Waals surface area contributed by atoms with Gasteiger partial charge in [0.2, 0.25) is 0 Å². The van der Waals surface area contributed by atoms with Crippen LogP contribution in [0.15, 0.2) is 0 Å². The molecule has 84 valence electrons. The highest BCUT2D eigenvalue weighted by atomic mass is 79.9. The van der Waals surface area contributed by atoms with Gasteiger partial charge >= 0.3 is 0 Å². The van der Waals surface area contributed by atoms with Gasteiger partial charge in [-0.25, -0.2) is 0 Å². The van der Waals surface area contributed by atoms with Crippen molar-refractivity contribution in [3.05, 3.63) is 5.82 Å². The molecule has 1 fully saturated rings. The lowest BCUT2D eigenvalue weighted by Gasteiger charge is -2.15. The van der Waals surface area contributed by atoms with Crippen molar-refractivity contribution in [1.29, 1.82) is 0 Å². The van der Waals surface area contributed by atoms with Gasteiger partial charge in [0.1, 0.15) is 0 Å². The summed E-state index contributed by atoms with van der Waals surface area (Å²) in [7, 11) is 1.80. The average Bonchev–Trinajstić information content (AvgIpc) is 2.84. The van der Waals surface area contributed by atoms with Gasteiger partial charge in [-0.1, -0.05) is 28.8 Å². The normalized spacial score (nSPS) is 19.6. The van der Waals surface area contributed by atoms with E-state index in [-0.39, 0.29) is 0 Å². The Morgan fingerprint density at radius 2 is 2.20 bits per heavy atom. The van der Waals surface area contributed by atoms with Crippen molar-refractivity contribution in [2.24, 2.45) is 13.0 Å². The Bertz CT molecular complexity index is 306. The number of halogens is 1. The second-order valence-corrected chi connectivity index (χ2v) is 5.47. The lowest BCUT2D eigenvalue weighted by molar-refractivity contribution is 0.502. The third kappa shape index (κ3) is 3.00. The molecule has 1 aromatic rings. The van der Waals surface area contributed by atoms with E-state index in [1.54, 1.807) is 7.05 Å². The number of alkyl halides is 1. The van der Waals surface area contributed by atoms with Crippen LogP contribution in [0.1, 0.15) is 37.9 Å². The lowest BCUT2D eigenvalue weighted by atomic mass is 10.0. The summed E-state index contributed by atoms with van der Waals surface area (Å²) in [4.78, 5) is 2.15. The molecule has 15 heavy (non-hydrogen) atoms. The molecule has 0 aliphatic heterocycles. The van der Waals surface area contributed by atoms with Gasteiger partial charge in [-0.3, -0.25) is 0 Å². The molecule has 1 atom stereocenters. The van der Waals surface area contributed by atoms with Crippen LogP contribution in [0.4, 0.5) is 0 Å². The first-order chi connectivity index (χ1) is 7.25. The molecule has 1 unspecified atom stereocenters. The molecule has 0 aromatic carbocycles. The number of tetrazole rings is 1. The van der Waals surface area contributed by atoms with Crippen molar-refractivity contribution in [2.75, 3.05) is 0 Å². The molecule has 4 nitrogen and oxygen atoms in total. The fourth-order valence-corrected chi connectivity index (χ4v) is 3.00. The summed E-state index contributed by atoms with van der Waals surface area (Å²) < 4.78 is 0. The largest absolute Gasteiger partial charge is 0.174 e. The van der Waals surface area contributed by atoms with Crippen LogP contribution in [-0.4, -0.2) is 25.0 Å². The third-order valence-corrected chi connectivity index (χ3v) is 4.31. The molecule has 0 N–H and O–H groups in total. The van der Waals surface area contributed by atoms with Crippen molar-refractivity contribution < 1.29 is 0 Å². The van der Waals surface area contributed by atoms with Gasteiger partial charge in [-0.05, 0) is 30.4 Å². The quantitative estimate of drug-likeness (QED) is 0.789. The predicted molar refractivity (Wildman–Crippen MR) is 61.8 cm³/mol. The monoisotopic (exact) mass is 272 g/mol. The first-order valence-electron chi connectivity index (χ1n) is 5.62. The van der Waals surface area contributed by atoms with Crippen LogP contribution < -0.4 is 0 Å². The van der Waals surface area contributed by atoms with Gasteiger partial charge in [0.05, 0.1) is 7.05 Å². The standard InChI is InChI=1S/C10H17BrN4/c1-15-13-10(12-14-15)7-6-9(11)8-4-2-3-5-8/h8-9H,2-7H2,1H3. The Labute approximate surface area is 98.6 Å². The fourth-order valence-electron chi connectivity index (χ4n) is 2.25. The SMILES string of the molecule is Cn1nnc(CCC(Br)C2CCCC2)n1. The number of aryl methyl sites for hydroxylation is 2. The number of rotatable bonds is 4. The van der Waals surface area contributed by atoms with Gasteiger partial charge in [0, 0.05) is 11.2 Å². The molecule has 0 spiro atoms. The number of hydrogen-bond donors (Lipinski definition) is 0. The molecule has 1 saturated carbocycles. The Balaban J connectivity index is 1.77. The van der Waals surface area contributed by atoms with Crippen LogP contribution in [0, 0.1) is 5.92 Å². The zero-order valence-corrected chi connectivity index (χ0v) is 10.7. The van der Waals surface area contributed by atoms with Crippen LogP contribution >= 0.6 is 15.9 Å². The highest BCUT2D eigenvalue weighted by Crippen LogP contribution is 2.33. The first kappa shape index (κ1) is 11.0. The molecule has 2 rings (SSSR count). The minimum atomic E-state index is 0.629. The third-order valence-electron chi connectivity index (χ3n) is 3.10. The maximum absolute atomic E-state index is 4.18. The summed E-state index contributed by atoms with van der Waals surface area (Å²) in [5.74, 6) is 1.72. The topological polar surface area (TPSA) is 43.6 Å². The Kier molecular flexibility index (Phi) is 3.72. The number of hydrogen-bond acceptors (Lipinski definition) is 3. The van der Waals surface area contributed by atoms with Crippen molar-refractivity contribution in [3.8, 4) is 0 Å². The van der Waals surface area contributed by atoms with Crippen molar-refractivity contribution >= 4 is 15.9 Å². The second-order valence-electron chi connectivity index (χ2n) is 4.29. The van der Waals surface area contributed by atoms with E-state index in [0.717, 1.165) is 24.6 Å². The van der Waals surface area contributed by atoms with Crippen molar-refractivity contribution in [3.63, 3.8) is 0 Å². The predicted octanol–water partition coefficient (Wildman–Crippen LogP) is 2.10. The molecule has 1 aliphatic carbocycles. The van der Waals surface area contributed by atoms with Gasteiger partial charge in [0.15, 0.2) is 5.82 Å². The molecule has 0 bridgehead atoms. The van der Waals surface area contributed by atoms with Gasteiger partial charge in [0.25, 0.3) is 0 Å². The summed E-state index contributed by atoms with van der Waals surface area (Å²) >= 11 is 3.79. The summed E-state index contributed by atoms with van der Waals surface area (Å²) in [6.07, 6.45) is 7.61. The van der Waals surface area contributed by atoms with E-state index < -0.39 is 0 Å². The van der Waals surface area contributed by atoms with Crippen LogP contribution in [0.25, 0.3) is 0 Å². The molecule has 5 heteroatoms. The molecule has 1 aromatic heterocycles. The van der Waals surface area contributed by atoms with Gasteiger partial charge < -0.3 is 0 Å². The highest BCUT2D eigenvalue weighted by molar-refractivity contribution is 9.09. The van der Waals surface area contributed by atoms with Crippen molar-refractivity contribution in [1.82, 2.24) is 20.2 Å². The van der Waals surface area contributed by atoms with E-state index in [2.05, 4.69) is 31.3 Å². The van der Waals surface area contributed by atoms with Gasteiger partial charge in [-0.15, -0.1) is 10.2 Å². The second kappa shape index (κ2) is 5.05. The smallest absolute Gasteiger partial charge is 0.167 e. The molecule has 1 aliphatic rings. The van der Waals surface area contributed by atoms with E-state index >= 15 is 0 Å². The Hall–Kier alpha value is -0.450. The van der Waals surface area contributed by atoms with Crippen LogP contribution in [0.3, 0.4) is 0 Å². The molecular weight excluding hydrogens is 256 g/mol. The maximum atomic E-state index is 4.18. The minimum absolute atomic E-state index is 0.629. The van der Waals surface area contributed by atoms with Gasteiger partial charge in [-0.2, -0.15) is 4.80 Å². The highest BCUT2D eigenvalue weighted by Gasteiger charge is 2.22. The van der Waals surface area contributed by atoms with E-state index in [1.807, 2.05) is 0 Å². The zero-order valence-electron chi connectivity index (χ0n) is 9.06. The number of nitrogens with zero attached hydrogens (tertiary/aromatic N) is 4. The molecule has 1 heterocycles. The van der Waals surface area contributed by atoms with Crippen LogP contribution in [-0.2, 0) is 13.5 Å². The summed E-state index contributed by atoms with van der Waals surface area (Å²) in [5, 5.41) is 12.0. The van der Waals surface area contributed by atoms with Crippen LogP contribution in [0.2, 0.25) is 0 Å². The lowest BCUT2D eigenvalue weighted by Crippen LogP contribution is -2.12. The van der Waals surface area contributed by atoms with E-state index in [0.29, 0.717) is 4.83 Å². The minimum Gasteiger partial charge on any atom is -0.167 e. The van der Waals surface area contributed by atoms with E-state index in [9.17, 15) is 0 Å². The van der Waals surface area contributed by atoms with E-state index in [1.165, 1.54) is 30.5 Å². The van der Waals surface area contributed by atoms with Crippen molar-refractivity contribution in [2.45, 2.75) is 43.4 Å². The van der Waals surface area contributed by atoms with E-state index in [4.69, 9.17) is 0 Å². The molecular formula is C10H17BrN4.